The van der Waals surface area contributed by atoms with Gasteiger partial charge in [0, 0.05) is 50.2 Å². The highest BCUT2D eigenvalue weighted by Gasteiger charge is 2.31. The molecule has 1 aliphatic rings. The number of rotatable bonds is 3. The van der Waals surface area contributed by atoms with Crippen molar-refractivity contribution in [2.45, 2.75) is 11.8 Å². The van der Waals surface area contributed by atoms with Gasteiger partial charge in [-0.25, -0.2) is 8.42 Å². The van der Waals surface area contributed by atoms with E-state index in [1.54, 1.807) is 41.6 Å². The highest BCUT2D eigenvalue weighted by Crippen LogP contribution is 2.25. The molecule has 0 bridgehead atoms. The number of aryl methyl sites for hydroxylation is 1. The van der Waals surface area contributed by atoms with Crippen molar-refractivity contribution in [1.82, 2.24) is 19.2 Å². The number of benzene rings is 1. The molecule has 1 aliphatic heterocycles. The van der Waals surface area contributed by atoms with Crippen LogP contribution in [-0.2, 0) is 10.0 Å². The predicted octanol–water partition coefficient (Wildman–Crippen LogP) is 2.08. The van der Waals surface area contributed by atoms with Crippen LogP contribution < -0.4 is 0 Å². The van der Waals surface area contributed by atoms with Crippen LogP contribution in [0.25, 0.3) is 10.9 Å². The van der Waals surface area contributed by atoms with E-state index >= 15 is 0 Å². The van der Waals surface area contributed by atoms with Crippen molar-refractivity contribution < 1.29 is 13.2 Å². The molecule has 4 rings (SSSR count). The van der Waals surface area contributed by atoms with Crippen LogP contribution in [0, 0.1) is 6.92 Å². The van der Waals surface area contributed by atoms with Gasteiger partial charge in [0.05, 0.1) is 11.1 Å². The minimum absolute atomic E-state index is 0.132. The van der Waals surface area contributed by atoms with Gasteiger partial charge in [0.1, 0.15) is 4.90 Å². The topological polar surface area (TPSA) is 83.5 Å². The molecule has 1 aromatic carbocycles. The molecule has 3 aromatic rings. The molecular formula is C20H20N4O3S. The van der Waals surface area contributed by atoms with Gasteiger partial charge in [-0.3, -0.25) is 14.8 Å². The highest BCUT2D eigenvalue weighted by molar-refractivity contribution is 7.89. The number of aromatic nitrogens is 2. The normalized spacial score (nSPS) is 15.7. The number of pyridine rings is 2. The predicted molar refractivity (Wildman–Crippen MR) is 105 cm³/mol. The Hall–Kier alpha value is -2.84. The number of sulfonamides is 1. The number of piperazine rings is 1. The molecule has 28 heavy (non-hydrogen) atoms. The Labute approximate surface area is 163 Å². The molecule has 0 atom stereocenters. The second kappa shape index (κ2) is 7.29. The van der Waals surface area contributed by atoms with E-state index in [0.29, 0.717) is 24.2 Å². The monoisotopic (exact) mass is 396 g/mol. The lowest BCUT2D eigenvalue weighted by Crippen LogP contribution is -2.50. The second-order valence-electron chi connectivity index (χ2n) is 6.78. The lowest BCUT2D eigenvalue weighted by atomic mass is 10.2. The van der Waals surface area contributed by atoms with Gasteiger partial charge in [-0.1, -0.05) is 12.1 Å². The molecule has 8 heteroatoms. The smallest absolute Gasteiger partial charge is 0.255 e. The number of fused-ring (bicyclic) bond motifs is 1. The molecule has 3 heterocycles. The van der Waals surface area contributed by atoms with E-state index in [1.165, 1.54) is 10.5 Å². The number of amides is 1. The van der Waals surface area contributed by atoms with Crippen LogP contribution in [-0.4, -0.2) is 59.7 Å². The summed E-state index contributed by atoms with van der Waals surface area (Å²) in [6, 6.07) is 10.5. The van der Waals surface area contributed by atoms with E-state index in [9.17, 15) is 13.2 Å². The minimum atomic E-state index is -3.69. The van der Waals surface area contributed by atoms with Crippen molar-refractivity contribution in [3.63, 3.8) is 0 Å². The molecular weight excluding hydrogens is 376 g/mol. The Morgan fingerprint density at radius 2 is 1.82 bits per heavy atom. The quantitative estimate of drug-likeness (QED) is 0.677. The fourth-order valence-electron chi connectivity index (χ4n) is 3.39. The van der Waals surface area contributed by atoms with Crippen molar-refractivity contribution in [3.05, 3.63) is 66.1 Å². The average Bonchev–Trinajstić information content (AvgIpc) is 2.73. The van der Waals surface area contributed by atoms with Crippen molar-refractivity contribution in [1.29, 1.82) is 0 Å². The molecule has 0 radical (unpaired) electrons. The number of hydrogen-bond donors (Lipinski definition) is 0. The Morgan fingerprint density at radius 3 is 2.54 bits per heavy atom. The fourth-order valence-corrected chi connectivity index (χ4v) is 4.98. The van der Waals surface area contributed by atoms with Crippen molar-refractivity contribution >= 4 is 26.8 Å². The number of para-hydroxylation sites is 1. The summed E-state index contributed by atoms with van der Waals surface area (Å²) in [6.45, 7) is 3.09. The zero-order valence-corrected chi connectivity index (χ0v) is 16.3. The van der Waals surface area contributed by atoms with E-state index in [2.05, 4.69) is 9.97 Å². The van der Waals surface area contributed by atoms with Gasteiger partial charge >= 0.3 is 0 Å². The van der Waals surface area contributed by atoms with Crippen LogP contribution in [0.3, 0.4) is 0 Å². The average molecular weight is 396 g/mol. The Morgan fingerprint density at radius 1 is 1.04 bits per heavy atom. The third-order valence-corrected chi connectivity index (χ3v) is 6.79. The largest absolute Gasteiger partial charge is 0.336 e. The third-order valence-electron chi connectivity index (χ3n) is 4.86. The van der Waals surface area contributed by atoms with E-state index in [0.717, 1.165) is 10.9 Å². The van der Waals surface area contributed by atoms with Crippen LogP contribution >= 0.6 is 0 Å². The SMILES string of the molecule is Cc1cnc2c(S(=O)(=O)N3CCN(C(=O)c4cccnc4)CC3)cccc2c1. The van der Waals surface area contributed by atoms with E-state index in [1.807, 2.05) is 19.1 Å². The van der Waals surface area contributed by atoms with Crippen molar-refractivity contribution in [2.75, 3.05) is 26.2 Å². The van der Waals surface area contributed by atoms with Crippen LogP contribution in [0.1, 0.15) is 15.9 Å². The first kappa shape index (κ1) is 18.5. The lowest BCUT2D eigenvalue weighted by molar-refractivity contribution is 0.0697. The summed E-state index contributed by atoms with van der Waals surface area (Å²) < 4.78 is 27.8. The summed E-state index contributed by atoms with van der Waals surface area (Å²) in [4.78, 5) is 22.7. The zero-order chi connectivity index (χ0) is 19.7. The van der Waals surface area contributed by atoms with Gasteiger partial charge < -0.3 is 4.90 Å². The Balaban J connectivity index is 1.55. The number of carbonyl (C=O) groups is 1. The standard InChI is InChI=1S/C20H20N4O3S/c1-15-12-16-4-2-6-18(19(16)22-13-15)28(26,27)24-10-8-23(9-11-24)20(25)17-5-3-7-21-14-17/h2-7,12-14H,8-11H2,1H3. The minimum Gasteiger partial charge on any atom is -0.336 e. The summed E-state index contributed by atoms with van der Waals surface area (Å²) in [5.74, 6) is -0.132. The molecule has 1 amide bonds. The maximum Gasteiger partial charge on any atom is 0.255 e. The van der Waals surface area contributed by atoms with Gasteiger partial charge in [-0.2, -0.15) is 4.31 Å². The van der Waals surface area contributed by atoms with Crippen molar-refractivity contribution in [2.24, 2.45) is 0 Å². The number of hydrogen-bond acceptors (Lipinski definition) is 5. The van der Waals surface area contributed by atoms with Gasteiger partial charge in [0.25, 0.3) is 5.91 Å². The third kappa shape index (κ3) is 3.36. The summed E-state index contributed by atoms with van der Waals surface area (Å²) in [6.07, 6.45) is 4.81. The Bertz CT molecular complexity index is 1120. The van der Waals surface area contributed by atoms with Gasteiger partial charge in [0.2, 0.25) is 10.0 Å². The second-order valence-corrected chi connectivity index (χ2v) is 8.68. The molecule has 1 fully saturated rings. The van der Waals surface area contributed by atoms with E-state index in [4.69, 9.17) is 0 Å². The highest BCUT2D eigenvalue weighted by atomic mass is 32.2. The van der Waals surface area contributed by atoms with E-state index in [-0.39, 0.29) is 23.9 Å². The summed E-state index contributed by atoms with van der Waals surface area (Å²) >= 11 is 0. The number of nitrogens with zero attached hydrogens (tertiary/aromatic N) is 4. The first-order valence-electron chi connectivity index (χ1n) is 9.01. The van der Waals surface area contributed by atoms with Crippen molar-refractivity contribution in [3.8, 4) is 0 Å². The first-order valence-corrected chi connectivity index (χ1v) is 10.5. The van der Waals surface area contributed by atoms with E-state index < -0.39 is 10.0 Å². The first-order chi connectivity index (χ1) is 13.5. The van der Waals surface area contributed by atoms with Gasteiger partial charge in [-0.05, 0) is 36.8 Å². The summed E-state index contributed by atoms with van der Waals surface area (Å²) in [7, 11) is -3.69. The molecule has 0 saturated carbocycles. The van der Waals surface area contributed by atoms with Gasteiger partial charge in [0.15, 0.2) is 0 Å². The summed E-state index contributed by atoms with van der Waals surface area (Å²) in [5.41, 5.74) is 1.96. The zero-order valence-electron chi connectivity index (χ0n) is 15.4. The van der Waals surface area contributed by atoms with Crippen LogP contribution in [0.4, 0.5) is 0 Å². The van der Waals surface area contributed by atoms with Crippen LogP contribution in [0.2, 0.25) is 0 Å². The molecule has 144 valence electrons. The maximum absolute atomic E-state index is 13.2. The van der Waals surface area contributed by atoms with Crippen LogP contribution in [0.15, 0.2) is 59.9 Å². The molecule has 2 aromatic heterocycles. The fraction of sp³-hybridized carbons (Fsp3) is 0.250. The Kier molecular flexibility index (Phi) is 4.82. The molecule has 0 aliphatic carbocycles. The molecule has 0 unspecified atom stereocenters. The molecule has 7 nitrogen and oxygen atoms in total. The lowest BCUT2D eigenvalue weighted by Gasteiger charge is -2.34. The maximum atomic E-state index is 13.2. The molecule has 1 saturated heterocycles. The molecule has 0 N–H and O–H groups in total. The summed E-state index contributed by atoms with van der Waals surface area (Å²) in [5, 5.41) is 0.798. The van der Waals surface area contributed by atoms with Crippen LogP contribution in [0.5, 0.6) is 0 Å². The number of carbonyl (C=O) groups excluding carboxylic acids is 1. The van der Waals surface area contributed by atoms with Gasteiger partial charge in [-0.15, -0.1) is 0 Å². The molecule has 0 spiro atoms.